The lowest BCUT2D eigenvalue weighted by molar-refractivity contribution is -0.268. The largest absolute Gasteiger partial charge is 0.461 e. The predicted molar refractivity (Wildman–Crippen MR) is 51.3 cm³/mol. The van der Waals surface area contributed by atoms with Gasteiger partial charge in [0.05, 0.1) is 12.0 Å². The molecule has 10 heteroatoms. The fourth-order valence-electron chi connectivity index (χ4n) is 1.31. The average Bonchev–Trinajstić information content (AvgIpc) is 2.25. The summed E-state index contributed by atoms with van der Waals surface area (Å²) in [6, 6.07) is 0.0331. The first-order valence-electron chi connectivity index (χ1n) is 5.03. The smallest absolute Gasteiger partial charge is 0.293 e. The average molecular weight is 320 g/mol. The van der Waals surface area contributed by atoms with E-state index in [9.17, 15) is 44.7 Å². The minimum atomic E-state index is -6.25. The molecule has 0 bridgehead atoms. The van der Waals surface area contributed by atoms with Gasteiger partial charge < -0.3 is 0 Å². The number of benzene rings is 1. The number of hydrogen-bond donors (Lipinski definition) is 0. The zero-order valence-corrected chi connectivity index (χ0v) is 9.70. The summed E-state index contributed by atoms with van der Waals surface area (Å²) in [5, 5.41) is 0. The maximum absolute atomic E-state index is 13.1. The van der Waals surface area contributed by atoms with E-state index in [1.54, 1.807) is 0 Å². The Balaban J connectivity index is 3.06. The van der Waals surface area contributed by atoms with Crippen LogP contribution >= 0.6 is 0 Å². The van der Waals surface area contributed by atoms with Crippen molar-refractivity contribution >= 4 is 11.6 Å². The molecule has 0 aliphatic rings. The molecule has 0 aliphatic carbocycles. The molecule has 0 unspecified atom stereocenters. The van der Waals surface area contributed by atoms with Gasteiger partial charge in [0.1, 0.15) is 17.5 Å². The van der Waals surface area contributed by atoms with Crippen molar-refractivity contribution in [2.24, 2.45) is 0 Å². The van der Waals surface area contributed by atoms with Crippen molar-refractivity contribution in [1.82, 2.24) is 0 Å². The van der Waals surface area contributed by atoms with Crippen molar-refractivity contribution in [3.63, 3.8) is 0 Å². The Bertz CT molecular complexity index is 567. The summed E-state index contributed by atoms with van der Waals surface area (Å²) in [5.74, 6) is -15.7. The second-order valence-corrected chi connectivity index (χ2v) is 3.84. The monoisotopic (exact) mass is 320 g/mol. The molecule has 2 nitrogen and oxygen atoms in total. The van der Waals surface area contributed by atoms with Crippen molar-refractivity contribution in [1.29, 1.82) is 0 Å². The third kappa shape index (κ3) is 3.37. The molecular weight excluding hydrogens is 316 g/mol. The van der Waals surface area contributed by atoms with Gasteiger partial charge in [-0.3, -0.25) is 9.59 Å². The van der Waals surface area contributed by atoms with Gasteiger partial charge in [-0.25, -0.2) is 13.2 Å². The first-order chi connectivity index (χ1) is 9.37. The van der Waals surface area contributed by atoms with Crippen molar-refractivity contribution in [3.8, 4) is 0 Å². The number of carbonyl (C=O) groups is 2. The normalized spacial score (nSPS) is 12.4. The number of carbonyl (C=O) groups excluding carboxylic acids is 2. The van der Waals surface area contributed by atoms with Gasteiger partial charge in [-0.05, 0) is 0 Å². The van der Waals surface area contributed by atoms with Crippen molar-refractivity contribution < 1.29 is 44.7 Å². The van der Waals surface area contributed by atoms with Gasteiger partial charge in [0.25, 0.3) is 0 Å². The fourth-order valence-corrected chi connectivity index (χ4v) is 1.31. The molecule has 1 aromatic carbocycles. The lowest BCUT2D eigenvalue weighted by Crippen LogP contribution is -2.44. The number of alkyl halides is 5. The Morgan fingerprint density at radius 2 is 1.33 bits per heavy atom. The summed E-state index contributed by atoms with van der Waals surface area (Å²) in [5.41, 5.74) is -1.57. The SMILES string of the molecule is O=C(CC(=O)C(F)(F)C(F)(F)F)c1c(F)cc(F)cc1F. The van der Waals surface area contributed by atoms with Gasteiger partial charge in [0.15, 0.2) is 5.78 Å². The summed E-state index contributed by atoms with van der Waals surface area (Å²) in [6.45, 7) is 0. The highest BCUT2D eigenvalue weighted by Crippen LogP contribution is 2.37. The Labute approximate surface area is 111 Å². The first-order valence-corrected chi connectivity index (χ1v) is 5.03. The summed E-state index contributed by atoms with van der Waals surface area (Å²) < 4.78 is 99.6. The zero-order valence-electron chi connectivity index (χ0n) is 9.70. The van der Waals surface area contributed by atoms with Gasteiger partial charge in [-0.1, -0.05) is 0 Å². The van der Waals surface area contributed by atoms with Crippen LogP contribution in [0.15, 0.2) is 12.1 Å². The maximum atomic E-state index is 13.1. The van der Waals surface area contributed by atoms with E-state index in [1.807, 2.05) is 0 Å². The van der Waals surface area contributed by atoms with Gasteiger partial charge in [0.2, 0.25) is 5.78 Å². The van der Waals surface area contributed by atoms with Crippen LogP contribution in [0.25, 0.3) is 0 Å². The molecule has 0 aliphatic heterocycles. The lowest BCUT2D eigenvalue weighted by atomic mass is 10.0. The standard InChI is InChI=1S/C11H4F8O2/c12-4-1-5(13)9(6(14)2-4)7(20)3-8(21)10(15,16)11(17,18)19/h1-2H,3H2. The Hall–Kier alpha value is -2.00. The summed E-state index contributed by atoms with van der Waals surface area (Å²) in [7, 11) is 0. The van der Waals surface area contributed by atoms with Gasteiger partial charge in [-0.15, -0.1) is 0 Å². The van der Waals surface area contributed by atoms with Crippen molar-refractivity contribution in [2.75, 3.05) is 0 Å². The molecule has 0 spiro atoms. The molecule has 1 aromatic rings. The van der Waals surface area contributed by atoms with Crippen LogP contribution in [0.3, 0.4) is 0 Å². The molecule has 0 atom stereocenters. The van der Waals surface area contributed by atoms with E-state index in [1.165, 1.54) is 0 Å². The Kier molecular flexibility index (Phi) is 4.40. The highest BCUT2D eigenvalue weighted by Gasteiger charge is 2.62. The molecule has 0 aromatic heterocycles. The van der Waals surface area contributed by atoms with Crippen LogP contribution in [-0.2, 0) is 4.79 Å². The third-order valence-corrected chi connectivity index (χ3v) is 2.31. The third-order valence-electron chi connectivity index (χ3n) is 2.31. The highest BCUT2D eigenvalue weighted by atomic mass is 19.4. The topological polar surface area (TPSA) is 34.1 Å². The van der Waals surface area contributed by atoms with Gasteiger partial charge in [-0.2, -0.15) is 22.0 Å². The minimum Gasteiger partial charge on any atom is -0.293 e. The molecule has 0 amide bonds. The molecular formula is C11H4F8O2. The summed E-state index contributed by atoms with van der Waals surface area (Å²) in [4.78, 5) is 22.0. The van der Waals surface area contributed by atoms with Gasteiger partial charge in [0, 0.05) is 12.1 Å². The first kappa shape index (κ1) is 17.1. The fraction of sp³-hybridized carbons (Fsp3) is 0.273. The number of Topliss-reactive ketones (excluding diaryl/α,β-unsaturated/α-hetero) is 2. The van der Waals surface area contributed by atoms with Gasteiger partial charge >= 0.3 is 12.1 Å². The van der Waals surface area contributed by atoms with Crippen molar-refractivity contribution in [2.45, 2.75) is 18.5 Å². The second-order valence-electron chi connectivity index (χ2n) is 3.84. The van der Waals surface area contributed by atoms with E-state index in [-0.39, 0.29) is 12.1 Å². The molecule has 0 saturated carbocycles. The molecule has 0 heterocycles. The van der Waals surface area contributed by atoms with E-state index in [4.69, 9.17) is 0 Å². The molecule has 21 heavy (non-hydrogen) atoms. The van der Waals surface area contributed by atoms with E-state index in [0.717, 1.165) is 0 Å². The van der Waals surface area contributed by atoms with Crippen LogP contribution in [0.1, 0.15) is 16.8 Å². The molecule has 0 N–H and O–H groups in total. The molecule has 116 valence electrons. The van der Waals surface area contributed by atoms with E-state index >= 15 is 0 Å². The minimum absolute atomic E-state index is 0.0166. The number of halogens is 8. The van der Waals surface area contributed by atoms with E-state index in [0.29, 0.717) is 0 Å². The van der Waals surface area contributed by atoms with Crippen LogP contribution < -0.4 is 0 Å². The molecule has 0 saturated heterocycles. The van der Waals surface area contributed by atoms with E-state index < -0.39 is 53.1 Å². The molecule has 1 rings (SSSR count). The Morgan fingerprint density at radius 3 is 1.71 bits per heavy atom. The molecule has 0 fully saturated rings. The zero-order chi connectivity index (χ0) is 16.6. The van der Waals surface area contributed by atoms with Crippen LogP contribution in [0.4, 0.5) is 35.1 Å². The highest BCUT2D eigenvalue weighted by molar-refractivity contribution is 6.10. The quantitative estimate of drug-likeness (QED) is 0.484. The van der Waals surface area contributed by atoms with Crippen LogP contribution in [0.2, 0.25) is 0 Å². The summed E-state index contributed by atoms with van der Waals surface area (Å²) in [6.07, 6.45) is -8.34. The van der Waals surface area contributed by atoms with Crippen molar-refractivity contribution in [3.05, 3.63) is 35.1 Å². The van der Waals surface area contributed by atoms with Crippen LogP contribution in [0, 0.1) is 17.5 Å². The Morgan fingerprint density at radius 1 is 0.905 bits per heavy atom. The van der Waals surface area contributed by atoms with Crippen LogP contribution in [0.5, 0.6) is 0 Å². The lowest BCUT2D eigenvalue weighted by Gasteiger charge is -2.17. The second kappa shape index (κ2) is 5.41. The number of ketones is 2. The van der Waals surface area contributed by atoms with Crippen LogP contribution in [-0.4, -0.2) is 23.7 Å². The molecule has 0 radical (unpaired) electrons. The maximum Gasteiger partial charge on any atom is 0.461 e. The number of rotatable bonds is 4. The summed E-state index contributed by atoms with van der Waals surface area (Å²) >= 11 is 0. The number of hydrogen-bond acceptors (Lipinski definition) is 2. The predicted octanol–water partition coefficient (Wildman–Crippen LogP) is 3.44. The van der Waals surface area contributed by atoms with E-state index in [2.05, 4.69) is 0 Å².